The molecular formula is C12H14N2O3. The van der Waals surface area contributed by atoms with Gasteiger partial charge in [-0.3, -0.25) is 10.1 Å². The van der Waals surface area contributed by atoms with Gasteiger partial charge in [0.05, 0.1) is 4.92 Å². The van der Waals surface area contributed by atoms with Crippen molar-refractivity contribution in [2.75, 3.05) is 0 Å². The first kappa shape index (κ1) is 13.0. The van der Waals surface area contributed by atoms with Crippen molar-refractivity contribution in [3.05, 3.63) is 33.9 Å². The molecule has 0 fully saturated rings. The number of nitrogens with zero attached hydrogens (tertiary/aromatic N) is 2. The molecule has 0 aromatic heterocycles. The Balaban J connectivity index is 3.07. The number of benzene rings is 1. The molecule has 0 N–H and O–H groups in total. The van der Waals surface area contributed by atoms with E-state index in [-0.39, 0.29) is 16.9 Å². The molecule has 0 unspecified atom stereocenters. The summed E-state index contributed by atoms with van der Waals surface area (Å²) in [6, 6.07) is 6.00. The van der Waals surface area contributed by atoms with Gasteiger partial charge in [-0.15, -0.1) is 0 Å². The fraction of sp³-hybridized carbons (Fsp3) is 0.417. The standard InChI is InChI=1S/C12H14N2O3/c1-4-12(2,3)17-10-5-6-11(14(15)16)9(7-10)8-13/h5-7H,4H2,1-3H3. The van der Waals surface area contributed by atoms with Gasteiger partial charge >= 0.3 is 0 Å². The first-order chi connectivity index (χ1) is 7.89. The van der Waals surface area contributed by atoms with Crippen LogP contribution in [0.1, 0.15) is 32.8 Å². The molecule has 0 aliphatic heterocycles. The summed E-state index contributed by atoms with van der Waals surface area (Å²) >= 11 is 0. The summed E-state index contributed by atoms with van der Waals surface area (Å²) in [6.45, 7) is 5.82. The predicted molar refractivity (Wildman–Crippen MR) is 62.8 cm³/mol. The molecule has 0 amide bonds. The quantitative estimate of drug-likeness (QED) is 0.592. The second kappa shape index (κ2) is 4.83. The minimum absolute atomic E-state index is 0.0133. The molecule has 0 radical (unpaired) electrons. The Hall–Kier alpha value is -2.09. The van der Waals surface area contributed by atoms with E-state index >= 15 is 0 Å². The maximum Gasteiger partial charge on any atom is 0.287 e. The van der Waals surface area contributed by atoms with Crippen molar-refractivity contribution in [2.45, 2.75) is 32.8 Å². The lowest BCUT2D eigenvalue weighted by Gasteiger charge is -2.24. The molecule has 5 heteroatoms. The Morgan fingerprint density at radius 3 is 2.65 bits per heavy atom. The molecule has 0 heterocycles. The second-order valence-electron chi connectivity index (χ2n) is 4.26. The SMILES string of the molecule is CCC(C)(C)Oc1ccc([N+](=O)[O-])c(C#N)c1. The van der Waals surface area contributed by atoms with E-state index in [1.807, 2.05) is 20.8 Å². The molecule has 1 rings (SSSR count). The number of rotatable bonds is 4. The lowest BCUT2D eigenvalue weighted by atomic mass is 10.1. The molecule has 0 aliphatic carbocycles. The van der Waals surface area contributed by atoms with Crippen molar-refractivity contribution in [2.24, 2.45) is 0 Å². The number of nitro benzene ring substituents is 1. The molecule has 5 nitrogen and oxygen atoms in total. The number of hydrogen-bond acceptors (Lipinski definition) is 4. The van der Waals surface area contributed by atoms with Gasteiger partial charge in [-0.1, -0.05) is 6.92 Å². The van der Waals surface area contributed by atoms with Crippen LogP contribution in [0.15, 0.2) is 18.2 Å². The fourth-order valence-corrected chi connectivity index (χ4v) is 1.22. The molecule has 0 saturated heterocycles. The Kier molecular flexibility index (Phi) is 3.69. The molecule has 0 aliphatic rings. The first-order valence-electron chi connectivity index (χ1n) is 5.27. The van der Waals surface area contributed by atoms with E-state index in [2.05, 4.69) is 0 Å². The van der Waals surface area contributed by atoms with Crippen molar-refractivity contribution in [1.29, 1.82) is 5.26 Å². The summed E-state index contributed by atoms with van der Waals surface area (Å²) in [7, 11) is 0. The van der Waals surface area contributed by atoms with Crippen LogP contribution in [0.4, 0.5) is 5.69 Å². The van der Waals surface area contributed by atoms with Gasteiger partial charge in [-0.2, -0.15) is 5.26 Å². The van der Waals surface area contributed by atoms with E-state index in [4.69, 9.17) is 10.00 Å². The van der Waals surface area contributed by atoms with Gasteiger partial charge in [0.2, 0.25) is 0 Å². The van der Waals surface area contributed by atoms with Crippen LogP contribution in [0.5, 0.6) is 5.75 Å². The van der Waals surface area contributed by atoms with Gasteiger partial charge in [0.1, 0.15) is 23.0 Å². The van der Waals surface area contributed by atoms with E-state index in [1.165, 1.54) is 18.2 Å². The lowest BCUT2D eigenvalue weighted by Crippen LogP contribution is -2.26. The van der Waals surface area contributed by atoms with Crippen LogP contribution in [0.25, 0.3) is 0 Å². The summed E-state index contributed by atoms with van der Waals surface area (Å²) in [5.41, 5.74) is -0.545. The number of nitriles is 1. The molecule has 0 spiro atoms. The minimum atomic E-state index is -0.576. The van der Waals surface area contributed by atoms with Crippen LogP contribution in [0.2, 0.25) is 0 Å². The van der Waals surface area contributed by atoms with Crippen molar-refractivity contribution < 1.29 is 9.66 Å². The van der Waals surface area contributed by atoms with Gasteiger partial charge in [-0.05, 0) is 26.3 Å². The van der Waals surface area contributed by atoms with Crippen LogP contribution in [0, 0.1) is 21.4 Å². The van der Waals surface area contributed by atoms with E-state index in [1.54, 1.807) is 6.07 Å². The summed E-state index contributed by atoms with van der Waals surface area (Å²) in [4.78, 5) is 10.1. The third-order valence-electron chi connectivity index (χ3n) is 2.53. The normalized spacial score (nSPS) is 10.7. The van der Waals surface area contributed by atoms with E-state index < -0.39 is 4.92 Å². The second-order valence-corrected chi connectivity index (χ2v) is 4.26. The predicted octanol–water partition coefficient (Wildman–Crippen LogP) is 3.03. The van der Waals surface area contributed by atoms with Gasteiger partial charge < -0.3 is 4.74 Å². The molecule has 1 aromatic rings. The molecule has 17 heavy (non-hydrogen) atoms. The van der Waals surface area contributed by atoms with Crippen molar-refractivity contribution >= 4 is 5.69 Å². The molecule has 1 aromatic carbocycles. The maximum absolute atomic E-state index is 10.6. The Morgan fingerprint density at radius 2 is 2.18 bits per heavy atom. The largest absolute Gasteiger partial charge is 0.488 e. The van der Waals surface area contributed by atoms with Crippen molar-refractivity contribution in [3.63, 3.8) is 0 Å². The summed E-state index contributed by atoms with van der Waals surface area (Å²) in [6.07, 6.45) is 0.797. The summed E-state index contributed by atoms with van der Waals surface area (Å²) in [5.74, 6) is 0.471. The highest BCUT2D eigenvalue weighted by Gasteiger charge is 2.19. The number of hydrogen-bond donors (Lipinski definition) is 0. The average Bonchev–Trinajstić information content (AvgIpc) is 2.28. The van der Waals surface area contributed by atoms with E-state index in [9.17, 15) is 10.1 Å². The van der Waals surface area contributed by atoms with E-state index in [0.717, 1.165) is 6.42 Å². The molecular weight excluding hydrogens is 220 g/mol. The number of ether oxygens (including phenoxy) is 1. The zero-order valence-corrected chi connectivity index (χ0v) is 10.1. The zero-order valence-electron chi connectivity index (χ0n) is 10.1. The van der Waals surface area contributed by atoms with E-state index in [0.29, 0.717) is 5.75 Å². The zero-order chi connectivity index (χ0) is 13.1. The maximum atomic E-state index is 10.6. The average molecular weight is 234 g/mol. The highest BCUT2D eigenvalue weighted by Crippen LogP contribution is 2.26. The first-order valence-corrected chi connectivity index (χ1v) is 5.27. The van der Waals surface area contributed by atoms with Crippen LogP contribution >= 0.6 is 0 Å². The monoisotopic (exact) mass is 234 g/mol. The Morgan fingerprint density at radius 1 is 1.53 bits per heavy atom. The smallest absolute Gasteiger partial charge is 0.287 e. The highest BCUT2D eigenvalue weighted by atomic mass is 16.6. The summed E-state index contributed by atoms with van der Waals surface area (Å²) < 4.78 is 5.65. The third-order valence-corrected chi connectivity index (χ3v) is 2.53. The Bertz CT molecular complexity index is 475. The minimum Gasteiger partial charge on any atom is -0.488 e. The lowest BCUT2D eigenvalue weighted by molar-refractivity contribution is -0.385. The summed E-state index contributed by atoms with van der Waals surface area (Å²) in [5, 5.41) is 19.5. The van der Waals surface area contributed by atoms with Crippen LogP contribution < -0.4 is 4.74 Å². The van der Waals surface area contributed by atoms with Gasteiger partial charge in [-0.25, -0.2) is 0 Å². The van der Waals surface area contributed by atoms with Crippen molar-refractivity contribution in [3.8, 4) is 11.8 Å². The molecule has 0 bridgehead atoms. The van der Waals surface area contributed by atoms with Crippen LogP contribution in [-0.4, -0.2) is 10.5 Å². The molecule has 0 saturated carbocycles. The number of nitro groups is 1. The fourth-order valence-electron chi connectivity index (χ4n) is 1.22. The molecule has 0 atom stereocenters. The van der Waals surface area contributed by atoms with Gasteiger partial charge in [0.25, 0.3) is 5.69 Å². The van der Waals surface area contributed by atoms with Crippen molar-refractivity contribution in [1.82, 2.24) is 0 Å². The highest BCUT2D eigenvalue weighted by molar-refractivity contribution is 5.52. The van der Waals surface area contributed by atoms with Gasteiger partial charge in [0.15, 0.2) is 0 Å². The topological polar surface area (TPSA) is 76.2 Å². The Labute approximate surface area is 99.8 Å². The molecule has 90 valence electrons. The van der Waals surface area contributed by atoms with Crippen LogP contribution in [0.3, 0.4) is 0 Å². The van der Waals surface area contributed by atoms with Crippen LogP contribution in [-0.2, 0) is 0 Å². The third kappa shape index (κ3) is 3.18. The van der Waals surface area contributed by atoms with Gasteiger partial charge in [0, 0.05) is 12.1 Å².